The van der Waals surface area contributed by atoms with Crippen molar-refractivity contribution in [3.05, 3.63) is 26.6 Å². The topological polar surface area (TPSA) is 26.0 Å². The predicted molar refractivity (Wildman–Crippen MR) is 71.6 cm³/mol. The van der Waals surface area contributed by atoms with E-state index in [-0.39, 0.29) is 0 Å². The van der Waals surface area contributed by atoms with Gasteiger partial charge in [-0.1, -0.05) is 15.9 Å². The molecule has 0 bridgehead atoms. The maximum atomic E-state index is 5.93. The zero-order valence-electron chi connectivity index (χ0n) is 6.68. The third-order valence-corrected chi connectivity index (χ3v) is 4.62. The van der Waals surface area contributed by atoms with Crippen LogP contribution in [0.1, 0.15) is 5.56 Å². The maximum Gasteiger partial charge on any atom is 0.0380 e. The van der Waals surface area contributed by atoms with Crippen LogP contribution in [0.25, 0.3) is 10.1 Å². The molecule has 0 unspecified atom stereocenters. The van der Waals surface area contributed by atoms with Gasteiger partial charge in [-0.25, -0.2) is 0 Å². The molecule has 0 aliphatic rings. The van der Waals surface area contributed by atoms with Gasteiger partial charge in [0.15, 0.2) is 0 Å². The van der Waals surface area contributed by atoms with E-state index in [2.05, 4.69) is 56.0 Å². The normalized spacial score (nSPS) is 10.9. The highest BCUT2D eigenvalue weighted by molar-refractivity contribution is 14.1. The van der Waals surface area contributed by atoms with Gasteiger partial charge < -0.3 is 5.73 Å². The molecular formula is C9H7BrINS. The van der Waals surface area contributed by atoms with Crippen molar-refractivity contribution < 1.29 is 0 Å². The number of benzene rings is 1. The monoisotopic (exact) mass is 367 g/mol. The van der Waals surface area contributed by atoms with E-state index in [1.807, 2.05) is 0 Å². The van der Waals surface area contributed by atoms with Gasteiger partial charge in [0.2, 0.25) is 0 Å². The summed E-state index contributed by atoms with van der Waals surface area (Å²) in [4.78, 5) is 0. The van der Waals surface area contributed by atoms with Gasteiger partial charge in [0, 0.05) is 24.7 Å². The highest BCUT2D eigenvalue weighted by Crippen LogP contribution is 2.33. The molecule has 1 nitrogen and oxygen atoms in total. The molecule has 2 N–H and O–H groups in total. The van der Waals surface area contributed by atoms with E-state index in [4.69, 9.17) is 5.73 Å². The third kappa shape index (κ3) is 1.59. The molecule has 2 rings (SSSR count). The largest absolute Gasteiger partial charge is 0.398 e. The Morgan fingerprint density at radius 3 is 3.00 bits per heavy atom. The molecule has 13 heavy (non-hydrogen) atoms. The summed E-state index contributed by atoms with van der Waals surface area (Å²) in [6.45, 7) is 0. The number of thiophene rings is 1. The summed E-state index contributed by atoms with van der Waals surface area (Å²) in [6, 6.07) is 4.20. The Kier molecular flexibility index (Phi) is 2.80. The van der Waals surface area contributed by atoms with Crippen molar-refractivity contribution in [1.82, 2.24) is 0 Å². The number of hydrogen-bond acceptors (Lipinski definition) is 2. The van der Waals surface area contributed by atoms with E-state index >= 15 is 0 Å². The van der Waals surface area contributed by atoms with Crippen LogP contribution in [-0.4, -0.2) is 0 Å². The van der Waals surface area contributed by atoms with Crippen LogP contribution >= 0.6 is 49.9 Å². The van der Waals surface area contributed by atoms with Gasteiger partial charge in [-0.2, -0.15) is 0 Å². The predicted octanol–water partition coefficient (Wildman–Crippen LogP) is 3.98. The molecule has 0 fully saturated rings. The zero-order valence-corrected chi connectivity index (χ0v) is 11.2. The van der Waals surface area contributed by atoms with Crippen molar-refractivity contribution in [1.29, 1.82) is 0 Å². The molecule has 1 heterocycles. The van der Waals surface area contributed by atoms with Gasteiger partial charge in [0.25, 0.3) is 0 Å². The summed E-state index contributed by atoms with van der Waals surface area (Å²) < 4.78 is 2.54. The van der Waals surface area contributed by atoms with Crippen molar-refractivity contribution in [2.24, 2.45) is 0 Å². The molecule has 4 heteroatoms. The summed E-state index contributed by atoms with van der Waals surface area (Å²) in [5.74, 6) is 0. The molecule has 0 spiro atoms. The second-order valence-electron chi connectivity index (χ2n) is 2.72. The highest BCUT2D eigenvalue weighted by atomic mass is 127. The van der Waals surface area contributed by atoms with Crippen molar-refractivity contribution in [3.8, 4) is 0 Å². The van der Waals surface area contributed by atoms with E-state index in [9.17, 15) is 0 Å². The molecule has 0 amide bonds. The number of halogens is 2. The van der Waals surface area contributed by atoms with Crippen LogP contribution in [-0.2, 0) is 5.33 Å². The Balaban J connectivity index is 2.85. The Labute approximate surface area is 103 Å². The molecule has 0 radical (unpaired) electrons. The van der Waals surface area contributed by atoms with Crippen LogP contribution in [0.15, 0.2) is 17.5 Å². The molecule has 0 aliphatic heterocycles. The zero-order chi connectivity index (χ0) is 9.42. The van der Waals surface area contributed by atoms with Crippen LogP contribution in [0.5, 0.6) is 0 Å². The standard InChI is InChI=1S/C9H7BrINS/c10-4-6-7(12)3-8-5(9(6)11)1-2-13-8/h1-3H,4,12H2. The Morgan fingerprint density at radius 1 is 1.54 bits per heavy atom. The average molecular weight is 368 g/mol. The summed E-state index contributed by atoms with van der Waals surface area (Å²) in [5, 5.41) is 4.24. The lowest BCUT2D eigenvalue weighted by molar-refractivity contribution is 1.44. The van der Waals surface area contributed by atoms with Crippen molar-refractivity contribution in [2.75, 3.05) is 5.73 Å². The minimum Gasteiger partial charge on any atom is -0.398 e. The lowest BCUT2D eigenvalue weighted by atomic mass is 10.1. The fraction of sp³-hybridized carbons (Fsp3) is 0.111. The number of rotatable bonds is 1. The van der Waals surface area contributed by atoms with Gasteiger partial charge in [0.05, 0.1) is 0 Å². The fourth-order valence-electron chi connectivity index (χ4n) is 1.27. The van der Waals surface area contributed by atoms with Gasteiger partial charge in [-0.3, -0.25) is 0 Å². The summed E-state index contributed by atoms with van der Waals surface area (Å²) in [7, 11) is 0. The first-order valence-corrected chi connectivity index (χ1v) is 6.82. The Hall–Kier alpha value is 0.190. The first-order chi connectivity index (χ1) is 6.24. The third-order valence-electron chi connectivity index (χ3n) is 1.97. The van der Waals surface area contributed by atoms with Crippen LogP contribution in [0.3, 0.4) is 0 Å². The highest BCUT2D eigenvalue weighted by Gasteiger charge is 2.08. The van der Waals surface area contributed by atoms with E-state index in [1.165, 1.54) is 19.2 Å². The molecule has 1 aromatic heterocycles. The first kappa shape index (κ1) is 9.73. The second kappa shape index (κ2) is 3.74. The van der Waals surface area contributed by atoms with Crippen LogP contribution in [0, 0.1) is 3.57 Å². The van der Waals surface area contributed by atoms with Crippen molar-refractivity contribution >= 4 is 65.6 Å². The number of hydrogen-bond donors (Lipinski definition) is 1. The number of fused-ring (bicyclic) bond motifs is 1. The molecule has 0 saturated carbocycles. The minimum absolute atomic E-state index is 0.822. The molecule has 68 valence electrons. The lowest BCUT2D eigenvalue weighted by Crippen LogP contribution is -1.94. The molecular weight excluding hydrogens is 361 g/mol. The van der Waals surface area contributed by atoms with Gasteiger partial charge in [0.1, 0.15) is 0 Å². The number of anilines is 1. The minimum atomic E-state index is 0.822. The SMILES string of the molecule is Nc1cc2sccc2c(I)c1CBr. The molecule has 1 aromatic carbocycles. The van der Waals surface area contributed by atoms with E-state index in [1.54, 1.807) is 11.3 Å². The molecule has 0 aliphatic carbocycles. The number of nitrogens with two attached hydrogens (primary N) is 1. The lowest BCUT2D eigenvalue weighted by Gasteiger charge is -2.05. The van der Waals surface area contributed by atoms with Crippen molar-refractivity contribution in [3.63, 3.8) is 0 Å². The van der Waals surface area contributed by atoms with Gasteiger partial charge in [-0.05, 0) is 45.7 Å². The summed E-state index contributed by atoms with van der Waals surface area (Å²) in [5.41, 5.74) is 8.01. The Bertz CT molecular complexity index is 452. The van der Waals surface area contributed by atoms with E-state index in [0.717, 1.165) is 11.0 Å². The van der Waals surface area contributed by atoms with Gasteiger partial charge >= 0.3 is 0 Å². The summed E-state index contributed by atoms with van der Waals surface area (Å²) >= 11 is 7.54. The van der Waals surface area contributed by atoms with E-state index in [0.29, 0.717) is 0 Å². The molecule has 2 aromatic rings. The van der Waals surface area contributed by atoms with Gasteiger partial charge in [-0.15, -0.1) is 11.3 Å². The smallest absolute Gasteiger partial charge is 0.0380 e. The molecule has 0 saturated heterocycles. The maximum absolute atomic E-state index is 5.93. The molecule has 0 atom stereocenters. The van der Waals surface area contributed by atoms with E-state index < -0.39 is 0 Å². The van der Waals surface area contributed by atoms with Crippen LogP contribution < -0.4 is 5.73 Å². The van der Waals surface area contributed by atoms with Crippen LogP contribution in [0.4, 0.5) is 5.69 Å². The first-order valence-electron chi connectivity index (χ1n) is 3.74. The quantitative estimate of drug-likeness (QED) is 0.460. The average Bonchev–Trinajstić information content (AvgIpc) is 2.53. The van der Waals surface area contributed by atoms with Crippen LogP contribution in [0.2, 0.25) is 0 Å². The Morgan fingerprint density at radius 2 is 2.31 bits per heavy atom. The number of alkyl halides is 1. The number of nitrogen functional groups attached to an aromatic ring is 1. The second-order valence-corrected chi connectivity index (χ2v) is 5.31. The van der Waals surface area contributed by atoms with Crippen molar-refractivity contribution in [2.45, 2.75) is 5.33 Å². The summed E-state index contributed by atoms with van der Waals surface area (Å²) in [6.07, 6.45) is 0. The fourth-order valence-corrected chi connectivity index (χ4v) is 4.39.